The van der Waals surface area contributed by atoms with Crippen molar-refractivity contribution in [1.82, 2.24) is 15.3 Å². The lowest BCUT2D eigenvalue weighted by molar-refractivity contribution is -0.385. The standard InChI is InChI=1S/C17H13ClFN5O5/c18-9-1-2-12(11(19)5-9)23-16-10-6-14(24(27)28)15(7-13(10)21-8-22-16)29-4-3-20-17(25)26/h1-2,5-8,20H,3-4H2,(H,25,26)(H,21,22,23). The van der Waals surface area contributed by atoms with E-state index in [9.17, 15) is 19.3 Å². The largest absolute Gasteiger partial charge is 0.485 e. The van der Waals surface area contributed by atoms with E-state index in [4.69, 9.17) is 21.4 Å². The van der Waals surface area contributed by atoms with Gasteiger partial charge in [0, 0.05) is 17.2 Å². The Morgan fingerprint density at radius 1 is 1.31 bits per heavy atom. The monoisotopic (exact) mass is 421 g/mol. The van der Waals surface area contributed by atoms with Gasteiger partial charge in [-0.05, 0) is 18.2 Å². The van der Waals surface area contributed by atoms with E-state index in [0.717, 1.165) is 6.07 Å². The van der Waals surface area contributed by atoms with E-state index in [0.29, 0.717) is 5.52 Å². The van der Waals surface area contributed by atoms with E-state index >= 15 is 0 Å². The first kappa shape index (κ1) is 20.0. The smallest absolute Gasteiger partial charge is 0.404 e. The number of benzene rings is 2. The van der Waals surface area contributed by atoms with Crippen molar-refractivity contribution in [2.75, 3.05) is 18.5 Å². The van der Waals surface area contributed by atoms with E-state index in [1.165, 1.54) is 30.6 Å². The van der Waals surface area contributed by atoms with Crippen LogP contribution in [-0.4, -0.2) is 39.2 Å². The predicted molar refractivity (Wildman–Crippen MR) is 102 cm³/mol. The minimum atomic E-state index is -1.24. The number of hydrogen-bond acceptors (Lipinski definition) is 7. The lowest BCUT2D eigenvalue weighted by Gasteiger charge is -2.11. The van der Waals surface area contributed by atoms with Crippen molar-refractivity contribution in [2.45, 2.75) is 0 Å². The zero-order chi connectivity index (χ0) is 21.0. The van der Waals surface area contributed by atoms with E-state index in [-0.39, 0.29) is 46.5 Å². The number of nitro benzene ring substituents is 1. The number of ether oxygens (including phenoxy) is 1. The summed E-state index contributed by atoms with van der Waals surface area (Å²) in [5.74, 6) is -0.555. The molecule has 0 saturated carbocycles. The van der Waals surface area contributed by atoms with Gasteiger partial charge in [0.15, 0.2) is 5.75 Å². The number of nitrogens with one attached hydrogen (secondary N) is 2. The molecule has 1 heterocycles. The number of anilines is 2. The van der Waals surface area contributed by atoms with Crippen LogP contribution in [-0.2, 0) is 0 Å². The second-order valence-corrected chi connectivity index (χ2v) is 6.08. The van der Waals surface area contributed by atoms with Gasteiger partial charge in [-0.25, -0.2) is 19.2 Å². The highest BCUT2D eigenvalue weighted by atomic mass is 35.5. The topological polar surface area (TPSA) is 140 Å². The Morgan fingerprint density at radius 2 is 2.10 bits per heavy atom. The van der Waals surface area contributed by atoms with Crippen molar-refractivity contribution in [3.05, 3.63) is 57.6 Å². The zero-order valence-corrected chi connectivity index (χ0v) is 15.3. The highest BCUT2D eigenvalue weighted by Crippen LogP contribution is 2.35. The van der Waals surface area contributed by atoms with E-state index in [1.54, 1.807) is 0 Å². The third kappa shape index (κ3) is 4.76. The molecular weight excluding hydrogens is 409 g/mol. The van der Waals surface area contributed by atoms with Crippen molar-refractivity contribution in [2.24, 2.45) is 0 Å². The van der Waals surface area contributed by atoms with Crippen LogP contribution in [0, 0.1) is 15.9 Å². The van der Waals surface area contributed by atoms with Crippen LogP contribution in [0.2, 0.25) is 5.02 Å². The number of nitrogens with zero attached hydrogens (tertiary/aromatic N) is 3. The minimum absolute atomic E-state index is 0.0586. The Hall–Kier alpha value is -3.73. The average Bonchev–Trinajstić information content (AvgIpc) is 2.66. The highest BCUT2D eigenvalue weighted by Gasteiger charge is 2.20. The molecule has 0 unspecified atom stereocenters. The Kier molecular flexibility index (Phi) is 5.88. The summed E-state index contributed by atoms with van der Waals surface area (Å²) in [5, 5.41) is 25.3. The van der Waals surface area contributed by atoms with E-state index in [1.807, 2.05) is 0 Å². The molecule has 12 heteroatoms. The van der Waals surface area contributed by atoms with Crippen molar-refractivity contribution in [3.8, 4) is 5.75 Å². The fourth-order valence-electron chi connectivity index (χ4n) is 2.47. The molecule has 1 amide bonds. The van der Waals surface area contributed by atoms with Crippen LogP contribution in [0.1, 0.15) is 0 Å². The fourth-order valence-corrected chi connectivity index (χ4v) is 2.63. The molecule has 3 aromatic rings. The molecule has 0 aliphatic rings. The molecule has 1 aromatic heterocycles. The molecule has 0 atom stereocenters. The molecule has 0 saturated heterocycles. The minimum Gasteiger partial charge on any atom is -0.485 e. The number of carbonyl (C=O) groups is 1. The van der Waals surface area contributed by atoms with Crippen LogP contribution in [0.25, 0.3) is 10.9 Å². The van der Waals surface area contributed by atoms with Gasteiger partial charge in [-0.15, -0.1) is 0 Å². The van der Waals surface area contributed by atoms with Crippen molar-refractivity contribution in [1.29, 1.82) is 0 Å². The molecule has 0 aliphatic heterocycles. The van der Waals surface area contributed by atoms with Crippen LogP contribution < -0.4 is 15.4 Å². The SMILES string of the molecule is O=C(O)NCCOc1cc2ncnc(Nc3ccc(Cl)cc3F)c2cc1[N+](=O)[O-]. The van der Waals surface area contributed by atoms with Gasteiger partial charge in [0.1, 0.15) is 24.6 Å². The van der Waals surface area contributed by atoms with Crippen molar-refractivity contribution < 1.29 is 24.0 Å². The fraction of sp³-hybridized carbons (Fsp3) is 0.118. The van der Waals surface area contributed by atoms with Gasteiger partial charge in [-0.1, -0.05) is 11.6 Å². The third-order valence-electron chi connectivity index (χ3n) is 3.73. The summed E-state index contributed by atoms with van der Waals surface area (Å²) >= 11 is 5.74. The molecule has 0 aliphatic carbocycles. The average molecular weight is 422 g/mol. The van der Waals surface area contributed by atoms with E-state index < -0.39 is 16.8 Å². The Balaban J connectivity index is 1.95. The lowest BCUT2D eigenvalue weighted by atomic mass is 10.2. The predicted octanol–water partition coefficient (Wildman–Crippen LogP) is 3.72. The van der Waals surface area contributed by atoms with Crippen LogP contribution in [0.5, 0.6) is 5.75 Å². The first-order chi connectivity index (χ1) is 13.8. The first-order valence-electron chi connectivity index (χ1n) is 8.10. The molecule has 10 nitrogen and oxygen atoms in total. The summed E-state index contributed by atoms with van der Waals surface area (Å²) in [6.07, 6.45) is -0.0282. The molecule has 150 valence electrons. The number of nitro groups is 1. The van der Waals surface area contributed by atoms with Gasteiger partial charge < -0.3 is 20.5 Å². The van der Waals surface area contributed by atoms with Gasteiger partial charge >= 0.3 is 11.8 Å². The first-order valence-corrected chi connectivity index (χ1v) is 8.48. The molecule has 0 bridgehead atoms. The molecule has 0 fully saturated rings. The lowest BCUT2D eigenvalue weighted by Crippen LogP contribution is -2.26. The van der Waals surface area contributed by atoms with Gasteiger partial charge in [-0.2, -0.15) is 0 Å². The zero-order valence-electron chi connectivity index (χ0n) is 14.6. The maximum atomic E-state index is 14.1. The van der Waals surface area contributed by atoms with Gasteiger partial charge in [0.2, 0.25) is 0 Å². The number of rotatable bonds is 7. The molecule has 3 N–H and O–H groups in total. The number of carboxylic acid groups (broad SMARTS) is 1. The number of hydrogen-bond donors (Lipinski definition) is 3. The third-order valence-corrected chi connectivity index (χ3v) is 3.97. The number of halogens is 2. The van der Waals surface area contributed by atoms with Gasteiger partial charge in [0.05, 0.1) is 28.1 Å². The second-order valence-electron chi connectivity index (χ2n) is 5.65. The second kappa shape index (κ2) is 8.52. The maximum absolute atomic E-state index is 14.1. The summed E-state index contributed by atoms with van der Waals surface area (Å²) in [6, 6.07) is 6.54. The Morgan fingerprint density at radius 3 is 2.79 bits per heavy atom. The summed E-state index contributed by atoms with van der Waals surface area (Å²) < 4.78 is 19.4. The van der Waals surface area contributed by atoms with Crippen LogP contribution in [0.3, 0.4) is 0 Å². The quantitative estimate of drug-likeness (QED) is 0.298. The van der Waals surface area contributed by atoms with Crippen molar-refractivity contribution >= 4 is 45.8 Å². The van der Waals surface area contributed by atoms with Crippen LogP contribution in [0.4, 0.5) is 26.4 Å². The normalized spacial score (nSPS) is 10.6. The molecule has 3 rings (SSSR count). The van der Waals surface area contributed by atoms with Crippen LogP contribution in [0.15, 0.2) is 36.7 Å². The summed E-state index contributed by atoms with van der Waals surface area (Å²) in [5.41, 5.74) is 0.0167. The Labute approximate surface area is 167 Å². The molecule has 0 radical (unpaired) electrons. The number of fused-ring (bicyclic) bond motifs is 1. The van der Waals surface area contributed by atoms with Gasteiger partial charge in [0.25, 0.3) is 0 Å². The van der Waals surface area contributed by atoms with Crippen LogP contribution >= 0.6 is 11.6 Å². The van der Waals surface area contributed by atoms with Gasteiger partial charge in [-0.3, -0.25) is 10.1 Å². The molecule has 0 spiro atoms. The van der Waals surface area contributed by atoms with E-state index in [2.05, 4.69) is 20.6 Å². The maximum Gasteiger partial charge on any atom is 0.404 e. The molecule has 29 heavy (non-hydrogen) atoms. The number of amides is 1. The molecular formula is C17H13ClFN5O5. The summed E-state index contributed by atoms with van der Waals surface area (Å²) in [6.45, 7) is -0.179. The summed E-state index contributed by atoms with van der Waals surface area (Å²) in [4.78, 5) is 29.3. The highest BCUT2D eigenvalue weighted by molar-refractivity contribution is 6.30. The Bertz CT molecular complexity index is 1100. The summed E-state index contributed by atoms with van der Waals surface area (Å²) in [7, 11) is 0. The molecule has 2 aromatic carbocycles. The van der Waals surface area contributed by atoms with Crippen molar-refractivity contribution in [3.63, 3.8) is 0 Å². The number of aromatic nitrogens is 2.